The second-order valence-corrected chi connectivity index (χ2v) is 8.76. The van der Waals surface area contributed by atoms with Gasteiger partial charge in [-0.15, -0.1) is 0 Å². The first-order valence-electron chi connectivity index (χ1n) is 10.7. The Balaban J connectivity index is 1.79. The number of benzene rings is 3. The zero-order chi connectivity index (χ0) is 25.0. The standard InChI is InChI=1S/C26H19ClN2O6/c1-13-10-18-21(11-14(13)2)35-25-22(24(18)30)23(15-4-6-16(7-5-15)29(32)33)28(26(25)31)17-8-9-20(34-3)19(27)12-17/h4-12,23H,1-3H3. The van der Waals surface area contributed by atoms with E-state index in [4.69, 9.17) is 20.8 Å². The second-order valence-electron chi connectivity index (χ2n) is 8.35. The molecular formula is C26H19ClN2O6. The highest BCUT2D eigenvalue weighted by Crippen LogP contribution is 2.43. The highest BCUT2D eigenvalue weighted by molar-refractivity contribution is 6.32. The first-order chi connectivity index (χ1) is 16.7. The van der Waals surface area contributed by atoms with Crippen molar-refractivity contribution in [1.82, 2.24) is 0 Å². The lowest BCUT2D eigenvalue weighted by molar-refractivity contribution is -0.384. The molecule has 0 N–H and O–H groups in total. The van der Waals surface area contributed by atoms with E-state index in [9.17, 15) is 19.7 Å². The van der Waals surface area contributed by atoms with Crippen molar-refractivity contribution in [3.05, 3.63) is 108 Å². The van der Waals surface area contributed by atoms with E-state index in [2.05, 4.69) is 0 Å². The summed E-state index contributed by atoms with van der Waals surface area (Å²) in [4.78, 5) is 39.5. The Kier molecular flexibility index (Phi) is 5.33. The first-order valence-corrected chi connectivity index (χ1v) is 11.1. The number of non-ortho nitro benzene ring substituents is 1. The van der Waals surface area contributed by atoms with Crippen molar-refractivity contribution in [1.29, 1.82) is 0 Å². The van der Waals surface area contributed by atoms with Crippen LogP contribution in [-0.2, 0) is 0 Å². The van der Waals surface area contributed by atoms with Crippen LogP contribution < -0.4 is 15.1 Å². The highest BCUT2D eigenvalue weighted by Gasteiger charge is 2.44. The normalized spacial score (nSPS) is 14.9. The molecule has 0 fully saturated rings. The van der Waals surface area contributed by atoms with Gasteiger partial charge < -0.3 is 9.15 Å². The molecule has 35 heavy (non-hydrogen) atoms. The summed E-state index contributed by atoms with van der Waals surface area (Å²) in [5.41, 5.74) is 2.85. The fourth-order valence-electron chi connectivity index (χ4n) is 4.39. The molecule has 0 saturated heterocycles. The lowest BCUT2D eigenvalue weighted by Gasteiger charge is -2.25. The van der Waals surface area contributed by atoms with Crippen LogP contribution in [0.2, 0.25) is 5.02 Å². The largest absolute Gasteiger partial charge is 0.495 e. The molecule has 2 heterocycles. The summed E-state index contributed by atoms with van der Waals surface area (Å²) in [6.45, 7) is 3.79. The molecule has 0 saturated carbocycles. The number of halogens is 1. The molecule has 0 aliphatic carbocycles. The number of amides is 1. The molecule has 1 aromatic heterocycles. The van der Waals surface area contributed by atoms with Crippen LogP contribution in [0.4, 0.5) is 11.4 Å². The number of nitrogens with zero attached hydrogens (tertiary/aromatic N) is 2. The topological polar surface area (TPSA) is 103 Å². The van der Waals surface area contributed by atoms with Crippen LogP contribution >= 0.6 is 11.6 Å². The summed E-state index contributed by atoms with van der Waals surface area (Å²) in [6, 6.07) is 13.2. The van der Waals surface area contributed by atoms with Crippen LogP contribution in [0.3, 0.4) is 0 Å². The van der Waals surface area contributed by atoms with Crippen molar-refractivity contribution in [2.24, 2.45) is 0 Å². The van der Waals surface area contributed by atoms with Gasteiger partial charge >= 0.3 is 0 Å². The number of nitro groups is 1. The molecule has 0 radical (unpaired) electrons. The van der Waals surface area contributed by atoms with E-state index >= 15 is 0 Å². The molecule has 1 aliphatic rings. The van der Waals surface area contributed by atoms with Gasteiger partial charge in [0.2, 0.25) is 5.76 Å². The quantitative estimate of drug-likeness (QED) is 0.267. The number of fused-ring (bicyclic) bond motifs is 2. The molecule has 176 valence electrons. The third-order valence-electron chi connectivity index (χ3n) is 6.32. The van der Waals surface area contributed by atoms with Crippen LogP contribution in [-0.4, -0.2) is 17.9 Å². The number of hydrogen-bond donors (Lipinski definition) is 0. The molecule has 4 aromatic rings. The average Bonchev–Trinajstić information content (AvgIpc) is 3.13. The summed E-state index contributed by atoms with van der Waals surface area (Å²) in [5.74, 6) is -0.153. The van der Waals surface area contributed by atoms with Gasteiger partial charge in [-0.3, -0.25) is 24.6 Å². The zero-order valence-corrected chi connectivity index (χ0v) is 19.8. The fraction of sp³-hybridized carbons (Fsp3) is 0.154. The molecule has 3 aromatic carbocycles. The number of aryl methyl sites for hydroxylation is 2. The Morgan fingerprint density at radius 2 is 1.71 bits per heavy atom. The van der Waals surface area contributed by atoms with Gasteiger partial charge in [0.25, 0.3) is 11.6 Å². The maximum atomic E-state index is 13.7. The molecular weight excluding hydrogens is 472 g/mol. The summed E-state index contributed by atoms with van der Waals surface area (Å²) in [5, 5.41) is 11.8. The Morgan fingerprint density at radius 3 is 2.34 bits per heavy atom. The highest BCUT2D eigenvalue weighted by atomic mass is 35.5. The summed E-state index contributed by atoms with van der Waals surface area (Å²) < 4.78 is 11.2. The average molecular weight is 491 g/mol. The second kappa shape index (κ2) is 8.25. The van der Waals surface area contributed by atoms with Crippen molar-refractivity contribution in [2.75, 3.05) is 12.0 Å². The van der Waals surface area contributed by atoms with Gasteiger partial charge in [0.1, 0.15) is 11.3 Å². The van der Waals surface area contributed by atoms with Gasteiger partial charge in [-0.1, -0.05) is 11.6 Å². The van der Waals surface area contributed by atoms with Crippen LogP contribution in [0.5, 0.6) is 5.75 Å². The van der Waals surface area contributed by atoms with E-state index in [0.717, 1.165) is 11.1 Å². The van der Waals surface area contributed by atoms with E-state index in [1.165, 1.54) is 36.3 Å². The van der Waals surface area contributed by atoms with Crippen molar-refractivity contribution < 1.29 is 18.9 Å². The minimum absolute atomic E-state index is 0.0685. The minimum Gasteiger partial charge on any atom is -0.495 e. The zero-order valence-electron chi connectivity index (χ0n) is 19.0. The number of carbonyl (C=O) groups is 1. The molecule has 1 atom stereocenters. The van der Waals surface area contributed by atoms with Gasteiger partial charge in [0, 0.05) is 17.8 Å². The van der Waals surface area contributed by atoms with Gasteiger partial charge in [0.05, 0.1) is 34.0 Å². The lowest BCUT2D eigenvalue weighted by Crippen LogP contribution is -2.29. The van der Waals surface area contributed by atoms with Crippen molar-refractivity contribution in [2.45, 2.75) is 19.9 Å². The summed E-state index contributed by atoms with van der Waals surface area (Å²) >= 11 is 6.34. The molecule has 9 heteroatoms. The van der Waals surface area contributed by atoms with Gasteiger partial charge in [0.15, 0.2) is 5.43 Å². The number of ether oxygens (including phenoxy) is 1. The van der Waals surface area contributed by atoms with E-state index in [1.54, 1.807) is 30.3 Å². The molecule has 0 bridgehead atoms. The third kappa shape index (κ3) is 3.54. The SMILES string of the molecule is COc1ccc(N2C(=O)c3oc4cc(C)c(C)cc4c(=O)c3C2c2ccc([N+](=O)[O-])cc2)cc1Cl. The summed E-state index contributed by atoms with van der Waals surface area (Å²) in [7, 11) is 1.48. The monoisotopic (exact) mass is 490 g/mol. The fourth-order valence-corrected chi connectivity index (χ4v) is 4.65. The van der Waals surface area contributed by atoms with E-state index < -0.39 is 16.9 Å². The number of methoxy groups -OCH3 is 1. The molecule has 8 nitrogen and oxygen atoms in total. The summed E-state index contributed by atoms with van der Waals surface area (Å²) in [6.07, 6.45) is 0. The van der Waals surface area contributed by atoms with E-state index in [1.807, 2.05) is 13.8 Å². The van der Waals surface area contributed by atoms with Gasteiger partial charge in [-0.05, 0) is 73.0 Å². The molecule has 0 spiro atoms. The maximum Gasteiger partial charge on any atom is 0.295 e. The Hall–Kier alpha value is -4.17. The van der Waals surface area contributed by atoms with Crippen LogP contribution in [0.25, 0.3) is 11.0 Å². The van der Waals surface area contributed by atoms with Crippen LogP contribution in [0.15, 0.2) is 63.8 Å². The molecule has 1 amide bonds. The molecule has 1 unspecified atom stereocenters. The van der Waals surface area contributed by atoms with Crippen molar-refractivity contribution in [3.63, 3.8) is 0 Å². The lowest BCUT2D eigenvalue weighted by atomic mass is 9.97. The Labute approximate surface area is 204 Å². The number of carbonyl (C=O) groups excluding carboxylic acids is 1. The van der Waals surface area contributed by atoms with E-state index in [0.29, 0.717) is 28.0 Å². The van der Waals surface area contributed by atoms with Crippen LogP contribution in [0, 0.1) is 24.0 Å². The third-order valence-corrected chi connectivity index (χ3v) is 6.62. The molecule has 1 aliphatic heterocycles. The first kappa shape index (κ1) is 22.6. The Morgan fingerprint density at radius 1 is 1.03 bits per heavy atom. The van der Waals surface area contributed by atoms with Crippen molar-refractivity contribution >= 4 is 39.9 Å². The predicted molar refractivity (Wildman–Crippen MR) is 132 cm³/mol. The molecule has 5 rings (SSSR count). The number of nitro benzene ring substituents is 1. The minimum atomic E-state index is -0.870. The number of anilines is 1. The Bertz CT molecular complexity index is 1590. The van der Waals surface area contributed by atoms with Gasteiger partial charge in [-0.25, -0.2) is 0 Å². The number of hydrogen-bond acceptors (Lipinski definition) is 6. The smallest absolute Gasteiger partial charge is 0.295 e. The predicted octanol–water partition coefficient (Wildman–Crippen LogP) is 5.73. The number of rotatable bonds is 4. The van der Waals surface area contributed by atoms with Crippen molar-refractivity contribution in [3.8, 4) is 5.75 Å². The van der Waals surface area contributed by atoms with Crippen LogP contribution in [0.1, 0.15) is 38.9 Å². The van der Waals surface area contributed by atoms with E-state index in [-0.39, 0.29) is 27.5 Å². The van der Waals surface area contributed by atoms with Gasteiger partial charge in [-0.2, -0.15) is 0 Å². The maximum absolute atomic E-state index is 13.7.